The second-order valence-corrected chi connectivity index (χ2v) is 7.88. The van der Waals surface area contributed by atoms with E-state index >= 15 is 0 Å². The molecule has 0 radical (unpaired) electrons. The Kier molecular flexibility index (Phi) is 8.34. The Morgan fingerprint density at radius 3 is 2.43 bits per heavy atom. The fourth-order valence-corrected chi connectivity index (χ4v) is 3.22. The summed E-state index contributed by atoms with van der Waals surface area (Å²) in [5, 5.41) is 17.5. The summed E-state index contributed by atoms with van der Waals surface area (Å²) in [6.07, 6.45) is 1.22. The molecule has 0 aromatic heterocycles. The zero-order valence-corrected chi connectivity index (χ0v) is 18.6. The molecule has 0 aliphatic carbocycles. The molecule has 0 saturated heterocycles. The number of nitrogens with zero attached hydrogens (tertiary/aromatic N) is 1. The number of phenolic OH excluding ortho intramolecular Hbond substituents is 1. The zero-order valence-electron chi connectivity index (χ0n) is 16.4. The molecule has 2 aromatic carbocycles. The number of hydrogen-bond donors (Lipinski definition) is 3. The van der Waals surface area contributed by atoms with Crippen LogP contribution in [0.5, 0.6) is 11.5 Å². The van der Waals surface area contributed by atoms with Crippen LogP contribution in [-0.2, 0) is 4.79 Å². The lowest BCUT2D eigenvalue weighted by atomic mass is 10.0. The van der Waals surface area contributed by atoms with Gasteiger partial charge in [0.15, 0.2) is 11.5 Å². The van der Waals surface area contributed by atoms with Gasteiger partial charge in [-0.05, 0) is 30.2 Å². The normalized spacial score (nSPS) is 12.1. The average molecular weight is 473 g/mol. The van der Waals surface area contributed by atoms with Gasteiger partial charge in [0.25, 0.3) is 11.8 Å². The van der Waals surface area contributed by atoms with Gasteiger partial charge in [-0.15, -0.1) is 0 Å². The number of phenols is 1. The summed E-state index contributed by atoms with van der Waals surface area (Å²) in [6.45, 7) is 3.54. The van der Waals surface area contributed by atoms with Crippen molar-refractivity contribution in [1.82, 2.24) is 10.7 Å². The first-order valence-electron chi connectivity index (χ1n) is 8.79. The first-order valence-corrected chi connectivity index (χ1v) is 9.92. The van der Waals surface area contributed by atoms with Gasteiger partial charge in [-0.2, -0.15) is 5.10 Å². The molecule has 2 amide bonds. The number of aromatic hydroxyl groups is 1. The van der Waals surface area contributed by atoms with Gasteiger partial charge in [0.1, 0.15) is 6.04 Å². The SMILES string of the molecule is COc1cc(Cl)cc(C=NNC(=O)C(NC(=O)c2ccc(Cl)cc2Cl)C(C)C)c1O. The monoisotopic (exact) mass is 471 g/mol. The number of nitrogens with one attached hydrogen (secondary N) is 2. The Morgan fingerprint density at radius 1 is 1.13 bits per heavy atom. The summed E-state index contributed by atoms with van der Waals surface area (Å²) in [4.78, 5) is 25.1. The standard InChI is InChI=1S/C20H20Cl3N3O4/c1-10(2)17(25-19(28)14-5-4-12(21)7-15(14)23)20(29)26-24-9-11-6-13(22)8-16(30-3)18(11)27/h4-10,17,27H,1-3H3,(H,25,28)(H,26,29). The smallest absolute Gasteiger partial charge is 0.262 e. The number of hydrogen-bond acceptors (Lipinski definition) is 5. The summed E-state index contributed by atoms with van der Waals surface area (Å²) < 4.78 is 5.02. The minimum Gasteiger partial charge on any atom is -0.504 e. The average Bonchev–Trinajstić information content (AvgIpc) is 2.67. The summed E-state index contributed by atoms with van der Waals surface area (Å²) in [5.41, 5.74) is 2.79. The van der Waals surface area contributed by atoms with Crippen LogP contribution in [0.2, 0.25) is 15.1 Å². The molecule has 1 unspecified atom stereocenters. The molecule has 0 spiro atoms. The minimum absolute atomic E-state index is 0.169. The van der Waals surface area contributed by atoms with E-state index in [0.717, 1.165) is 0 Å². The number of carbonyl (C=O) groups excluding carboxylic acids is 2. The van der Waals surface area contributed by atoms with Crippen molar-refractivity contribution in [1.29, 1.82) is 0 Å². The highest BCUT2D eigenvalue weighted by atomic mass is 35.5. The van der Waals surface area contributed by atoms with Crippen LogP contribution in [0.4, 0.5) is 0 Å². The van der Waals surface area contributed by atoms with Gasteiger partial charge in [-0.3, -0.25) is 9.59 Å². The third kappa shape index (κ3) is 6.01. The maximum Gasteiger partial charge on any atom is 0.262 e. The van der Waals surface area contributed by atoms with Crippen LogP contribution in [0.1, 0.15) is 29.8 Å². The predicted octanol–water partition coefficient (Wildman–Crippen LogP) is 4.27. The molecule has 0 saturated carbocycles. The van der Waals surface area contributed by atoms with E-state index in [1.54, 1.807) is 13.8 Å². The lowest BCUT2D eigenvalue weighted by molar-refractivity contribution is -0.123. The number of halogens is 3. The molecule has 10 heteroatoms. The molecule has 0 heterocycles. The van der Waals surface area contributed by atoms with E-state index in [1.165, 1.54) is 43.7 Å². The fraction of sp³-hybridized carbons (Fsp3) is 0.250. The topological polar surface area (TPSA) is 100 Å². The molecule has 0 aliphatic heterocycles. The summed E-state index contributed by atoms with van der Waals surface area (Å²) >= 11 is 17.9. The molecule has 1 atom stereocenters. The van der Waals surface area contributed by atoms with E-state index in [0.29, 0.717) is 10.0 Å². The van der Waals surface area contributed by atoms with Gasteiger partial charge in [0.05, 0.1) is 23.9 Å². The highest BCUT2D eigenvalue weighted by molar-refractivity contribution is 6.36. The maximum atomic E-state index is 12.5. The number of ether oxygens (including phenoxy) is 1. The number of methoxy groups -OCH3 is 1. The summed E-state index contributed by atoms with van der Waals surface area (Å²) in [5.74, 6) is -1.32. The Hall–Kier alpha value is -2.48. The quantitative estimate of drug-likeness (QED) is 0.414. The Bertz CT molecular complexity index is 980. The number of carbonyl (C=O) groups is 2. The molecular formula is C20H20Cl3N3O4. The molecule has 0 aliphatic rings. The Balaban J connectivity index is 2.12. The van der Waals surface area contributed by atoms with E-state index in [2.05, 4.69) is 15.8 Å². The summed E-state index contributed by atoms with van der Waals surface area (Å²) in [6, 6.07) is 6.46. The van der Waals surface area contributed by atoms with Crippen LogP contribution in [0.25, 0.3) is 0 Å². The highest BCUT2D eigenvalue weighted by Crippen LogP contribution is 2.32. The Morgan fingerprint density at radius 2 is 1.83 bits per heavy atom. The van der Waals surface area contributed by atoms with Gasteiger partial charge in [-0.1, -0.05) is 48.7 Å². The van der Waals surface area contributed by atoms with Crippen molar-refractivity contribution in [3.63, 3.8) is 0 Å². The van der Waals surface area contributed by atoms with Crippen LogP contribution in [0.15, 0.2) is 35.4 Å². The highest BCUT2D eigenvalue weighted by Gasteiger charge is 2.25. The molecule has 0 fully saturated rings. The van der Waals surface area contributed by atoms with Gasteiger partial charge < -0.3 is 15.2 Å². The lowest BCUT2D eigenvalue weighted by Gasteiger charge is -2.20. The van der Waals surface area contributed by atoms with Crippen molar-refractivity contribution in [3.8, 4) is 11.5 Å². The maximum absolute atomic E-state index is 12.5. The van der Waals surface area contributed by atoms with E-state index in [9.17, 15) is 14.7 Å². The van der Waals surface area contributed by atoms with E-state index in [4.69, 9.17) is 39.5 Å². The minimum atomic E-state index is -0.885. The zero-order chi connectivity index (χ0) is 22.4. The molecule has 2 rings (SSSR count). The van der Waals surface area contributed by atoms with Gasteiger partial charge in [0, 0.05) is 21.7 Å². The first-order chi connectivity index (χ1) is 14.1. The summed E-state index contributed by atoms with van der Waals surface area (Å²) in [7, 11) is 1.39. The third-order valence-electron chi connectivity index (χ3n) is 4.08. The van der Waals surface area contributed by atoms with Crippen molar-refractivity contribution in [2.45, 2.75) is 19.9 Å². The number of amides is 2. The van der Waals surface area contributed by atoms with E-state index in [-0.39, 0.29) is 33.6 Å². The number of rotatable bonds is 7. The first kappa shape index (κ1) is 23.8. The third-order valence-corrected chi connectivity index (χ3v) is 4.85. The van der Waals surface area contributed by atoms with Crippen LogP contribution in [0.3, 0.4) is 0 Å². The molecule has 3 N–H and O–H groups in total. The molecule has 2 aromatic rings. The molecule has 30 heavy (non-hydrogen) atoms. The largest absolute Gasteiger partial charge is 0.504 e. The second kappa shape index (κ2) is 10.5. The Labute approximate surface area is 189 Å². The van der Waals surface area contributed by atoms with Crippen LogP contribution >= 0.6 is 34.8 Å². The van der Waals surface area contributed by atoms with Crippen LogP contribution < -0.4 is 15.5 Å². The van der Waals surface area contributed by atoms with Gasteiger partial charge >= 0.3 is 0 Å². The predicted molar refractivity (Wildman–Crippen MR) is 118 cm³/mol. The second-order valence-electron chi connectivity index (χ2n) is 6.60. The molecule has 0 bridgehead atoms. The van der Waals surface area contributed by atoms with Gasteiger partial charge in [-0.25, -0.2) is 5.43 Å². The lowest BCUT2D eigenvalue weighted by Crippen LogP contribution is -2.48. The molecular weight excluding hydrogens is 453 g/mol. The van der Waals surface area contributed by atoms with Crippen LogP contribution in [-0.4, -0.2) is 36.3 Å². The molecule has 7 nitrogen and oxygen atoms in total. The fourth-order valence-electron chi connectivity index (χ4n) is 2.51. The van der Waals surface area contributed by atoms with Crippen molar-refractivity contribution in [2.75, 3.05) is 7.11 Å². The van der Waals surface area contributed by atoms with E-state index < -0.39 is 17.9 Å². The number of hydrazone groups is 1. The number of benzene rings is 2. The van der Waals surface area contributed by atoms with Crippen molar-refractivity contribution in [2.24, 2.45) is 11.0 Å². The van der Waals surface area contributed by atoms with E-state index in [1.807, 2.05) is 0 Å². The van der Waals surface area contributed by atoms with Crippen molar-refractivity contribution in [3.05, 3.63) is 56.5 Å². The van der Waals surface area contributed by atoms with Crippen LogP contribution in [0, 0.1) is 5.92 Å². The van der Waals surface area contributed by atoms with Gasteiger partial charge in [0.2, 0.25) is 0 Å². The van der Waals surface area contributed by atoms with Crippen molar-refractivity contribution < 1.29 is 19.4 Å². The van der Waals surface area contributed by atoms with Crippen molar-refractivity contribution >= 4 is 52.8 Å². The molecule has 160 valence electrons.